The number of thiophene rings is 2. The van der Waals surface area contributed by atoms with Crippen molar-refractivity contribution in [3.63, 3.8) is 0 Å². The molecular weight excluding hydrogens is 1090 g/mol. The zero-order valence-electron chi connectivity index (χ0n) is 36.5. The average Bonchev–Trinajstić information content (AvgIpc) is 3.96. The summed E-state index contributed by atoms with van der Waals surface area (Å²) in [6.07, 6.45) is -2.29. The zero-order chi connectivity index (χ0) is 51.7. The van der Waals surface area contributed by atoms with E-state index in [1.807, 2.05) is 0 Å². The van der Waals surface area contributed by atoms with Crippen LogP contribution in [0.4, 0.5) is 27.5 Å². The molecule has 6 rings (SSSR count). The lowest BCUT2D eigenvalue weighted by Gasteiger charge is -2.27. The van der Waals surface area contributed by atoms with E-state index >= 15 is 0 Å². The maximum Gasteiger partial charge on any atom is 0.404 e. The summed E-state index contributed by atoms with van der Waals surface area (Å²) in [7, 11) is 0. The Hall–Kier alpha value is -5.69. The first-order chi connectivity index (χ1) is 33.1. The maximum absolute atomic E-state index is 12.9. The molecule has 390 valence electrons. The van der Waals surface area contributed by atoms with Crippen LogP contribution in [0.25, 0.3) is 0 Å². The van der Waals surface area contributed by atoms with Gasteiger partial charge in [-0.2, -0.15) is 0 Å². The molecule has 28 heteroatoms. The fourth-order valence-corrected chi connectivity index (χ4v) is 7.95. The zero-order valence-corrected chi connectivity index (χ0v) is 41.9. The summed E-state index contributed by atoms with van der Waals surface area (Å²) >= 11 is 28.7. The van der Waals surface area contributed by atoms with Crippen LogP contribution >= 0.6 is 80.7 Å². The highest BCUT2D eigenvalue weighted by Gasteiger charge is 2.32. The van der Waals surface area contributed by atoms with E-state index in [-0.39, 0.29) is 39.9 Å². The molecule has 0 spiro atoms. The van der Waals surface area contributed by atoms with Gasteiger partial charge in [0.2, 0.25) is 12.0 Å². The molecule has 0 unspecified atom stereocenters. The second-order valence-corrected chi connectivity index (χ2v) is 20.0. The lowest BCUT2D eigenvalue weighted by Crippen LogP contribution is -2.51. The number of nitrogens with zero attached hydrogens (tertiary/aromatic N) is 3. The average molecular weight is 1140 g/mol. The standard InChI is InChI=1S/C20H21ClN4O6S.C19H20ClN3O5S.C3Cl3NO2.2CH4/c1-11(31-20(22)29)17(24-18(27)14-6-7-15(21)32-14)19(28)23-12-2-4-13(5-3-12)25-8-9-30-10-16(25)26;1-11(24)17(22-18(26)14-6-7-15(20)29-14)19(27)21-12-2-4-13(5-3-12)23-8-9-28-10-16(23)25;4-3(5,6)2(9)7-1-8;;/h2-7,11,17H,8-10H2,1H3,(H2,22,29)(H,23,28)(H,24,27);2-7,11,17,24H,8-10H2,1H3,(H,21,27)(H,22,26);;2*1H4/t2*11-,17-;;;/m11.../s1. The van der Waals surface area contributed by atoms with E-state index in [4.69, 9.17) is 77.9 Å². The Balaban J connectivity index is 0.000000413. The summed E-state index contributed by atoms with van der Waals surface area (Å²) in [6.45, 7) is 4.73. The molecule has 2 saturated heterocycles. The number of halogens is 5. The van der Waals surface area contributed by atoms with Gasteiger partial charge < -0.3 is 56.1 Å². The molecule has 4 heterocycles. The second kappa shape index (κ2) is 29.7. The quantitative estimate of drug-likeness (QED) is 0.0483. The molecule has 8 amide bonds. The van der Waals surface area contributed by atoms with Crippen molar-refractivity contribution < 1.29 is 62.5 Å². The minimum atomic E-state index is -2.14. The van der Waals surface area contributed by atoms with Gasteiger partial charge in [0, 0.05) is 35.8 Å². The Bertz CT molecular complexity index is 2570. The third-order valence-corrected chi connectivity index (χ3v) is 12.2. The van der Waals surface area contributed by atoms with Gasteiger partial charge in [-0.15, -0.1) is 27.7 Å². The molecule has 2 aliphatic rings. The van der Waals surface area contributed by atoms with E-state index in [1.54, 1.807) is 76.5 Å². The Morgan fingerprint density at radius 1 is 0.722 bits per heavy atom. The molecular formula is C44H49Cl5N8O13S2. The maximum atomic E-state index is 12.9. The van der Waals surface area contributed by atoms with Gasteiger partial charge in [-0.3, -0.25) is 33.6 Å². The number of benzene rings is 2. The van der Waals surface area contributed by atoms with Gasteiger partial charge >= 0.3 is 12.0 Å². The van der Waals surface area contributed by atoms with Gasteiger partial charge in [0.25, 0.3) is 33.3 Å². The van der Waals surface area contributed by atoms with Crippen molar-refractivity contribution in [2.24, 2.45) is 10.7 Å². The number of ether oxygens (including phenoxy) is 3. The van der Waals surface area contributed by atoms with Crippen molar-refractivity contribution in [3.05, 3.63) is 91.2 Å². The van der Waals surface area contributed by atoms with Crippen molar-refractivity contribution in [2.75, 3.05) is 60.0 Å². The van der Waals surface area contributed by atoms with E-state index in [0.717, 1.165) is 28.8 Å². The van der Waals surface area contributed by atoms with Crippen LogP contribution in [0.5, 0.6) is 0 Å². The summed E-state index contributed by atoms with van der Waals surface area (Å²) in [6, 6.07) is 17.2. The first-order valence-electron chi connectivity index (χ1n) is 20.1. The van der Waals surface area contributed by atoms with Crippen LogP contribution in [0, 0.1) is 0 Å². The topological polar surface area (TPSA) is 295 Å². The molecule has 7 N–H and O–H groups in total. The molecule has 0 aliphatic carbocycles. The van der Waals surface area contributed by atoms with Crippen LogP contribution in [0.15, 0.2) is 77.8 Å². The number of nitrogens with one attached hydrogen (secondary N) is 4. The van der Waals surface area contributed by atoms with Crippen LogP contribution in [-0.4, -0.2) is 126 Å². The number of hydrogen-bond donors (Lipinski definition) is 6. The van der Waals surface area contributed by atoms with Crippen molar-refractivity contribution in [1.29, 1.82) is 0 Å². The number of aliphatic hydroxyl groups is 1. The molecule has 2 aromatic heterocycles. The number of aliphatic hydroxyl groups excluding tert-OH is 1. The number of hydrogen-bond acceptors (Lipinski definition) is 15. The summed E-state index contributed by atoms with van der Waals surface area (Å²) in [4.78, 5) is 111. The lowest BCUT2D eigenvalue weighted by atomic mass is 10.1. The van der Waals surface area contributed by atoms with Gasteiger partial charge in [0.1, 0.15) is 31.4 Å². The number of morpholine rings is 2. The first kappa shape index (κ1) is 62.4. The summed E-state index contributed by atoms with van der Waals surface area (Å²) in [5, 5.41) is 20.3. The summed E-state index contributed by atoms with van der Waals surface area (Å²) < 4.78 is 13.9. The first-order valence-corrected chi connectivity index (χ1v) is 23.6. The smallest absolute Gasteiger partial charge is 0.404 e. The normalized spacial score (nSPS) is 14.7. The fourth-order valence-electron chi connectivity index (χ4n) is 5.93. The fraction of sp³-hybridized carbons (Fsp3) is 0.341. The van der Waals surface area contributed by atoms with Crippen LogP contribution in [-0.2, 0) is 43.0 Å². The number of amides is 8. The SMILES string of the molecule is C.C.C[C@@H](O)[C@@H](NC(=O)c1ccc(Cl)s1)C(=O)Nc1ccc(N2CCOCC2=O)cc1.C[C@@H](OC(N)=O)[C@@H](NC(=O)c1ccc(Cl)s1)C(=O)Nc1ccc(N2CCOCC2=O)cc1.O=C=NC(=O)C(Cl)(Cl)Cl. The van der Waals surface area contributed by atoms with Gasteiger partial charge in [0.05, 0.1) is 37.7 Å². The molecule has 2 fully saturated rings. The Labute approximate surface area is 446 Å². The largest absolute Gasteiger partial charge is 0.444 e. The molecule has 0 saturated carbocycles. The number of rotatable bonds is 13. The number of nitrogens with two attached hydrogens (primary N) is 1. The molecule has 4 aromatic rings. The number of alkyl halides is 3. The van der Waals surface area contributed by atoms with Crippen molar-refractivity contribution >= 4 is 157 Å². The number of anilines is 4. The van der Waals surface area contributed by atoms with Gasteiger partial charge in [0.15, 0.2) is 0 Å². The van der Waals surface area contributed by atoms with E-state index < -0.39 is 63.7 Å². The number of carbonyl (C=O) groups is 8. The molecule has 0 bridgehead atoms. The Morgan fingerprint density at radius 3 is 1.44 bits per heavy atom. The molecule has 4 atom stereocenters. The van der Waals surface area contributed by atoms with Gasteiger partial charge in [-0.1, -0.05) is 72.9 Å². The van der Waals surface area contributed by atoms with Crippen LogP contribution in [0.3, 0.4) is 0 Å². The molecule has 2 aliphatic heterocycles. The van der Waals surface area contributed by atoms with Crippen molar-refractivity contribution in [1.82, 2.24) is 10.6 Å². The monoisotopic (exact) mass is 1140 g/mol. The molecule has 21 nitrogen and oxygen atoms in total. The Morgan fingerprint density at radius 2 is 1.12 bits per heavy atom. The highest BCUT2D eigenvalue weighted by molar-refractivity contribution is 7.18. The number of carbonyl (C=O) groups excluding carboxylic acids is 9. The van der Waals surface area contributed by atoms with Crippen LogP contribution in [0.1, 0.15) is 48.0 Å². The van der Waals surface area contributed by atoms with E-state index in [1.165, 1.54) is 19.9 Å². The summed E-state index contributed by atoms with van der Waals surface area (Å²) in [5.41, 5.74) is 7.33. The summed E-state index contributed by atoms with van der Waals surface area (Å²) in [5.74, 6) is -3.65. The minimum absolute atomic E-state index is 0. The third kappa shape index (κ3) is 19.4. The highest BCUT2D eigenvalue weighted by atomic mass is 35.6. The predicted octanol–water partition coefficient (Wildman–Crippen LogP) is 6.36. The number of aliphatic imine (C=N–C) groups is 1. The molecule has 2 aromatic carbocycles. The minimum Gasteiger partial charge on any atom is -0.444 e. The van der Waals surface area contributed by atoms with Crippen molar-refractivity contribution in [3.8, 4) is 0 Å². The van der Waals surface area contributed by atoms with Gasteiger partial charge in [-0.25, -0.2) is 9.59 Å². The molecule has 0 radical (unpaired) electrons. The van der Waals surface area contributed by atoms with Crippen LogP contribution < -0.4 is 36.8 Å². The number of isocyanates is 1. The number of primary amides is 1. The van der Waals surface area contributed by atoms with Crippen molar-refractivity contribution in [2.45, 2.75) is 56.8 Å². The second-order valence-electron chi connectivity index (χ2n) is 14.3. The van der Waals surface area contributed by atoms with E-state index in [2.05, 4.69) is 26.3 Å². The predicted molar refractivity (Wildman–Crippen MR) is 276 cm³/mol. The van der Waals surface area contributed by atoms with Gasteiger partial charge in [-0.05, 0) is 86.6 Å². The van der Waals surface area contributed by atoms with E-state index in [0.29, 0.717) is 67.5 Å². The lowest BCUT2D eigenvalue weighted by molar-refractivity contribution is -0.126. The molecule has 72 heavy (non-hydrogen) atoms. The highest BCUT2D eigenvalue weighted by Crippen LogP contribution is 2.27. The Kier molecular flexibility index (Phi) is 25.8. The van der Waals surface area contributed by atoms with E-state index in [9.17, 15) is 48.3 Å². The third-order valence-electron chi connectivity index (χ3n) is 9.24. The van der Waals surface area contributed by atoms with Crippen LogP contribution in [0.2, 0.25) is 8.67 Å².